The van der Waals surface area contributed by atoms with Crippen LogP contribution in [-0.2, 0) is 36.8 Å². The fourth-order valence-electron chi connectivity index (χ4n) is 10.3. The molecular formula is C61H68N2O10. The summed E-state index contributed by atoms with van der Waals surface area (Å²) in [6, 6.07) is 35.6. The number of nitrogens with zero attached hydrogens (tertiary/aromatic N) is 2. The van der Waals surface area contributed by atoms with Crippen LogP contribution in [0.15, 0.2) is 118 Å². The van der Waals surface area contributed by atoms with E-state index in [1.807, 2.05) is 84.9 Å². The first-order valence-electron chi connectivity index (χ1n) is 25.9. The van der Waals surface area contributed by atoms with Gasteiger partial charge < -0.3 is 18.7 Å². The second-order valence-electron chi connectivity index (χ2n) is 19.9. The van der Waals surface area contributed by atoms with Crippen LogP contribution in [0.2, 0.25) is 0 Å². The molecule has 73 heavy (non-hydrogen) atoms. The molecule has 2 saturated carbocycles. The van der Waals surface area contributed by atoms with Gasteiger partial charge in [-0.3, -0.25) is 28.8 Å². The lowest BCUT2D eigenvalue weighted by atomic mass is 9.77. The minimum atomic E-state index is -0.706. The van der Waals surface area contributed by atoms with Crippen LogP contribution in [0.5, 0.6) is 0 Å². The fourth-order valence-corrected chi connectivity index (χ4v) is 10.3. The van der Waals surface area contributed by atoms with Gasteiger partial charge in [-0.25, -0.2) is 9.97 Å². The molecule has 8 rings (SSSR count). The third kappa shape index (κ3) is 16.0. The Hall–Kier alpha value is -7.08. The smallest absolute Gasteiger partial charge is 0.305 e. The molecule has 4 aromatic carbocycles. The quantitative estimate of drug-likeness (QED) is 0.0502. The second-order valence-corrected chi connectivity index (χ2v) is 19.9. The summed E-state index contributed by atoms with van der Waals surface area (Å²) in [6.45, 7) is 3.48. The van der Waals surface area contributed by atoms with Gasteiger partial charge in [-0.15, -0.1) is 0 Å². The number of carboxylic acids is 1. The van der Waals surface area contributed by atoms with Crippen molar-refractivity contribution >= 4 is 35.1 Å². The molecule has 0 atom stereocenters. The molecule has 6 aromatic rings. The Morgan fingerprint density at radius 1 is 0.521 bits per heavy atom. The molecular weight excluding hydrogens is 921 g/mol. The lowest BCUT2D eigenvalue weighted by Gasteiger charge is -2.28. The highest BCUT2D eigenvalue weighted by Gasteiger charge is 2.26. The molecule has 12 heteroatoms. The molecule has 2 aromatic heterocycles. The Bertz CT molecular complexity index is 2780. The van der Waals surface area contributed by atoms with Crippen molar-refractivity contribution in [1.82, 2.24) is 9.97 Å². The predicted molar refractivity (Wildman–Crippen MR) is 278 cm³/mol. The maximum Gasteiger partial charge on any atom is 0.305 e. The van der Waals surface area contributed by atoms with E-state index in [9.17, 15) is 28.8 Å². The molecule has 382 valence electrons. The summed E-state index contributed by atoms with van der Waals surface area (Å²) in [5.74, 6) is 2.79. The van der Waals surface area contributed by atoms with Crippen LogP contribution < -0.4 is 0 Å². The third-order valence-corrected chi connectivity index (χ3v) is 14.4. The molecule has 2 fully saturated rings. The Morgan fingerprint density at radius 3 is 1.27 bits per heavy atom. The maximum atomic E-state index is 12.7. The highest BCUT2D eigenvalue weighted by Crippen LogP contribution is 2.38. The standard InChI is InChI=1S/C31H35NO5.C30H33NO5/c1-21-30(32-31(37-21)26-7-4-3-5-8-26)28(34)10-6-9-27(33)19-22-11-15-24(16-12-22)25-17-13-23(14-18-25)20-29(35)36-2;1-20-29(31-30(36-20)25-6-3-2-4-7-25)27(33)9-5-8-26(32)18-21-10-14-23(15-11-21)24-16-12-22(13-17-24)19-28(34)35/h3-5,7-8,11-12,15-16,23,25H,6,9-10,13-14,17-20H2,1-2H3;2-4,6-7,10-11,14-15,22,24H,5,8-9,12-13,16-19H2,1H3,(H,34,35). The van der Waals surface area contributed by atoms with Crippen LogP contribution in [0.25, 0.3) is 22.9 Å². The topological polar surface area (TPSA) is 184 Å². The van der Waals surface area contributed by atoms with Crippen molar-refractivity contribution in [3.8, 4) is 22.9 Å². The van der Waals surface area contributed by atoms with Gasteiger partial charge in [-0.05, 0) is 148 Å². The summed E-state index contributed by atoms with van der Waals surface area (Å²) in [5, 5.41) is 8.98. The average molecular weight is 989 g/mol. The van der Waals surface area contributed by atoms with Crippen LogP contribution >= 0.6 is 0 Å². The average Bonchev–Trinajstić information content (AvgIpc) is 4.00. The number of carboxylic acid groups (broad SMARTS) is 1. The van der Waals surface area contributed by atoms with Crippen molar-refractivity contribution in [3.05, 3.63) is 154 Å². The summed E-state index contributed by atoms with van der Waals surface area (Å²) < 4.78 is 16.2. The van der Waals surface area contributed by atoms with Gasteiger partial charge in [0.15, 0.2) is 11.6 Å². The number of Topliss-reactive ketones (excluding diaryl/α,β-unsaturated/α-hetero) is 4. The van der Waals surface area contributed by atoms with Crippen molar-refractivity contribution in [2.45, 2.75) is 141 Å². The Balaban J connectivity index is 0.000000214. The lowest BCUT2D eigenvalue weighted by molar-refractivity contribution is -0.142. The highest BCUT2D eigenvalue weighted by molar-refractivity contribution is 5.96. The summed E-state index contributed by atoms with van der Waals surface area (Å²) in [4.78, 5) is 81.6. The maximum absolute atomic E-state index is 12.7. The lowest BCUT2D eigenvalue weighted by Crippen LogP contribution is -2.17. The fraction of sp³-hybridized carbons (Fsp3) is 0.410. The van der Waals surface area contributed by atoms with Crippen molar-refractivity contribution in [2.75, 3.05) is 7.11 Å². The van der Waals surface area contributed by atoms with Gasteiger partial charge in [-0.1, -0.05) is 84.9 Å². The molecule has 0 saturated heterocycles. The number of rotatable bonds is 22. The van der Waals surface area contributed by atoms with Gasteiger partial charge in [0.1, 0.15) is 34.5 Å². The molecule has 2 aliphatic rings. The number of ketones is 4. The van der Waals surface area contributed by atoms with E-state index in [2.05, 4.69) is 34.2 Å². The van der Waals surface area contributed by atoms with Crippen LogP contribution in [-0.4, -0.2) is 57.3 Å². The van der Waals surface area contributed by atoms with Gasteiger partial charge in [0.2, 0.25) is 11.8 Å². The monoisotopic (exact) mass is 988 g/mol. The van der Waals surface area contributed by atoms with E-state index in [4.69, 9.17) is 18.7 Å². The van der Waals surface area contributed by atoms with E-state index in [1.54, 1.807) is 13.8 Å². The van der Waals surface area contributed by atoms with Crippen LogP contribution in [0, 0.1) is 25.7 Å². The summed E-state index contributed by atoms with van der Waals surface area (Å²) >= 11 is 0. The number of carbonyl (C=O) groups is 6. The summed E-state index contributed by atoms with van der Waals surface area (Å²) in [6.07, 6.45) is 11.9. The molecule has 2 heterocycles. The zero-order chi connectivity index (χ0) is 51.7. The Morgan fingerprint density at radius 2 is 0.904 bits per heavy atom. The van der Waals surface area contributed by atoms with Crippen molar-refractivity contribution in [2.24, 2.45) is 11.8 Å². The van der Waals surface area contributed by atoms with Gasteiger partial charge in [0, 0.05) is 62.5 Å². The molecule has 0 radical (unpaired) electrons. The second kappa shape index (κ2) is 26.6. The number of methoxy groups -OCH3 is 1. The molecule has 0 bridgehead atoms. The minimum Gasteiger partial charge on any atom is -0.481 e. The van der Waals surface area contributed by atoms with Gasteiger partial charge in [0.25, 0.3) is 0 Å². The van der Waals surface area contributed by atoms with Crippen molar-refractivity contribution in [3.63, 3.8) is 0 Å². The minimum absolute atomic E-state index is 0.0955. The van der Waals surface area contributed by atoms with E-state index >= 15 is 0 Å². The Kier molecular flexibility index (Phi) is 19.5. The SMILES string of the molecule is COC(=O)CC1CCC(c2ccc(CC(=O)CCCC(=O)c3nc(-c4ccccc4)oc3C)cc2)CC1.Cc1oc(-c2ccccc2)nc1C(=O)CCCC(=O)Cc1ccc(C2CCC(CC(=O)O)CC2)cc1. The van der Waals surface area contributed by atoms with Crippen LogP contribution in [0.4, 0.5) is 0 Å². The number of aliphatic carboxylic acids is 1. The number of esters is 1. The zero-order valence-electron chi connectivity index (χ0n) is 42.4. The first-order valence-corrected chi connectivity index (χ1v) is 25.9. The van der Waals surface area contributed by atoms with Gasteiger partial charge >= 0.3 is 11.9 Å². The summed E-state index contributed by atoms with van der Waals surface area (Å²) in [7, 11) is 1.45. The third-order valence-electron chi connectivity index (χ3n) is 14.4. The van der Waals surface area contributed by atoms with E-state index in [-0.39, 0.29) is 48.4 Å². The normalized spacial score (nSPS) is 17.5. The van der Waals surface area contributed by atoms with Crippen LogP contribution in [0.3, 0.4) is 0 Å². The highest BCUT2D eigenvalue weighted by atomic mass is 16.5. The molecule has 0 spiro atoms. The summed E-state index contributed by atoms with van der Waals surface area (Å²) in [5.41, 5.74) is 6.90. The van der Waals surface area contributed by atoms with Crippen molar-refractivity contribution in [1.29, 1.82) is 0 Å². The van der Waals surface area contributed by atoms with E-state index in [1.165, 1.54) is 18.2 Å². The molecule has 12 nitrogen and oxygen atoms in total. The number of aromatic nitrogens is 2. The Labute approximate surface area is 428 Å². The number of aryl methyl sites for hydroxylation is 2. The van der Waals surface area contributed by atoms with Crippen LogP contribution in [0.1, 0.15) is 169 Å². The number of ether oxygens (including phenoxy) is 1. The van der Waals surface area contributed by atoms with E-state index < -0.39 is 5.97 Å². The first-order chi connectivity index (χ1) is 35.3. The first kappa shape index (κ1) is 53.7. The van der Waals surface area contributed by atoms with Gasteiger partial charge in [0.05, 0.1) is 7.11 Å². The number of hydrogen-bond donors (Lipinski definition) is 1. The molecule has 0 aliphatic heterocycles. The zero-order valence-corrected chi connectivity index (χ0v) is 42.4. The number of oxazole rings is 2. The van der Waals surface area contributed by atoms with Crippen molar-refractivity contribution < 1.29 is 47.4 Å². The molecule has 0 amide bonds. The number of carbonyl (C=O) groups excluding carboxylic acids is 5. The number of benzene rings is 4. The molecule has 1 N–H and O–H groups in total. The molecule has 0 unspecified atom stereocenters. The number of hydrogen-bond acceptors (Lipinski definition) is 11. The van der Waals surface area contributed by atoms with E-state index in [0.717, 1.165) is 73.6 Å². The predicted octanol–water partition coefficient (Wildman–Crippen LogP) is 13.2. The van der Waals surface area contributed by atoms with E-state index in [0.29, 0.717) is 103 Å². The largest absolute Gasteiger partial charge is 0.481 e. The molecule has 2 aliphatic carbocycles. The van der Waals surface area contributed by atoms with Gasteiger partial charge in [-0.2, -0.15) is 0 Å².